The molecule has 4 nitrogen and oxygen atoms in total. The van der Waals surface area contributed by atoms with E-state index < -0.39 is 11.5 Å². The molecule has 0 saturated heterocycles. The van der Waals surface area contributed by atoms with Crippen LogP contribution in [-0.4, -0.2) is 11.5 Å². The van der Waals surface area contributed by atoms with Crippen molar-refractivity contribution in [1.82, 2.24) is 0 Å². The molecule has 82 valence electrons. The first-order valence-electron chi connectivity index (χ1n) is 3.81. The van der Waals surface area contributed by atoms with Gasteiger partial charge in [0.1, 0.15) is 5.75 Å². The molecule has 7 heteroatoms. The van der Waals surface area contributed by atoms with Crippen LogP contribution in [0, 0.1) is 17.0 Å². The fraction of sp³-hybridized carbons (Fsp3) is 0.250. The van der Waals surface area contributed by atoms with E-state index in [9.17, 15) is 18.9 Å². The first-order chi connectivity index (χ1) is 6.91. The van der Waals surface area contributed by atoms with E-state index >= 15 is 0 Å². The van der Waals surface area contributed by atoms with Gasteiger partial charge in [0.05, 0.1) is 15.5 Å². The standard InChI is InChI=1S/C8H6BrF2NO3/c1-4-2-5(9)6(12(13)14)3-7(4)15-8(10)11/h2-3,8H,1H3. The third-order valence-corrected chi connectivity index (χ3v) is 2.29. The molecule has 0 aliphatic rings. The first kappa shape index (κ1) is 11.8. The van der Waals surface area contributed by atoms with Crippen LogP contribution in [0.15, 0.2) is 16.6 Å². The highest BCUT2D eigenvalue weighted by Gasteiger charge is 2.17. The van der Waals surface area contributed by atoms with Gasteiger partial charge in [-0.3, -0.25) is 10.1 Å². The van der Waals surface area contributed by atoms with Crippen molar-refractivity contribution in [3.63, 3.8) is 0 Å². The minimum absolute atomic E-state index is 0.195. The van der Waals surface area contributed by atoms with Gasteiger partial charge < -0.3 is 4.74 Å². The molecule has 1 rings (SSSR count). The fourth-order valence-electron chi connectivity index (χ4n) is 1.00. The predicted molar refractivity (Wildman–Crippen MR) is 52.2 cm³/mol. The summed E-state index contributed by atoms with van der Waals surface area (Å²) in [7, 11) is 0. The Balaban J connectivity index is 3.17. The van der Waals surface area contributed by atoms with Crippen molar-refractivity contribution in [3.05, 3.63) is 32.3 Å². The average Bonchev–Trinajstić information content (AvgIpc) is 2.08. The summed E-state index contributed by atoms with van der Waals surface area (Å²) < 4.78 is 28.2. The van der Waals surface area contributed by atoms with Crippen molar-refractivity contribution in [2.75, 3.05) is 0 Å². The highest BCUT2D eigenvalue weighted by atomic mass is 79.9. The van der Waals surface area contributed by atoms with Crippen molar-refractivity contribution in [1.29, 1.82) is 0 Å². The molecular formula is C8H6BrF2NO3. The summed E-state index contributed by atoms with van der Waals surface area (Å²) >= 11 is 2.96. The van der Waals surface area contributed by atoms with Crippen LogP contribution in [0.2, 0.25) is 0 Å². The molecule has 0 atom stereocenters. The smallest absolute Gasteiger partial charge is 0.387 e. The second-order valence-electron chi connectivity index (χ2n) is 2.70. The van der Waals surface area contributed by atoms with Crippen LogP contribution < -0.4 is 4.74 Å². The molecule has 0 fully saturated rings. The quantitative estimate of drug-likeness (QED) is 0.631. The third kappa shape index (κ3) is 2.85. The van der Waals surface area contributed by atoms with Crippen LogP contribution in [0.4, 0.5) is 14.5 Å². The zero-order chi connectivity index (χ0) is 11.6. The summed E-state index contributed by atoms with van der Waals surface area (Å²) in [6.07, 6.45) is 0. The minimum atomic E-state index is -3.00. The monoisotopic (exact) mass is 281 g/mol. The van der Waals surface area contributed by atoms with Gasteiger partial charge in [-0.15, -0.1) is 0 Å². The fourth-order valence-corrected chi connectivity index (χ4v) is 1.61. The molecular weight excluding hydrogens is 276 g/mol. The Labute approximate surface area is 92.1 Å². The van der Waals surface area contributed by atoms with E-state index in [0.29, 0.717) is 5.56 Å². The average molecular weight is 282 g/mol. The zero-order valence-corrected chi connectivity index (χ0v) is 9.12. The highest BCUT2D eigenvalue weighted by Crippen LogP contribution is 2.32. The normalized spacial score (nSPS) is 10.5. The van der Waals surface area contributed by atoms with Gasteiger partial charge in [-0.25, -0.2) is 0 Å². The number of aryl methyl sites for hydroxylation is 1. The Bertz CT molecular complexity index is 398. The summed E-state index contributed by atoms with van der Waals surface area (Å²) in [5.41, 5.74) is 0.0871. The van der Waals surface area contributed by atoms with E-state index in [1.165, 1.54) is 13.0 Å². The molecule has 0 aliphatic carbocycles. The van der Waals surface area contributed by atoms with Crippen LogP contribution in [-0.2, 0) is 0 Å². The Morgan fingerprint density at radius 1 is 1.53 bits per heavy atom. The lowest BCUT2D eigenvalue weighted by Crippen LogP contribution is -2.04. The topological polar surface area (TPSA) is 52.4 Å². The molecule has 0 saturated carbocycles. The summed E-state index contributed by atoms with van der Waals surface area (Å²) in [4.78, 5) is 9.82. The van der Waals surface area contributed by atoms with E-state index in [4.69, 9.17) is 0 Å². The molecule has 15 heavy (non-hydrogen) atoms. The summed E-state index contributed by atoms with van der Waals surface area (Å²) in [6, 6.07) is 2.32. The number of rotatable bonds is 3. The van der Waals surface area contributed by atoms with Gasteiger partial charge in [-0.1, -0.05) is 0 Å². The van der Waals surface area contributed by atoms with Gasteiger partial charge in [-0.2, -0.15) is 8.78 Å². The molecule has 1 aromatic carbocycles. The SMILES string of the molecule is Cc1cc(Br)c([N+](=O)[O-])cc1OC(F)F. The maximum atomic E-state index is 11.9. The molecule has 1 aromatic rings. The predicted octanol–water partition coefficient (Wildman–Crippen LogP) is 3.27. The lowest BCUT2D eigenvalue weighted by molar-refractivity contribution is -0.385. The number of benzene rings is 1. The van der Waals surface area contributed by atoms with E-state index in [-0.39, 0.29) is 15.9 Å². The van der Waals surface area contributed by atoms with Crippen molar-refractivity contribution in [2.24, 2.45) is 0 Å². The van der Waals surface area contributed by atoms with E-state index in [2.05, 4.69) is 20.7 Å². The number of hydrogen-bond acceptors (Lipinski definition) is 3. The van der Waals surface area contributed by atoms with Gasteiger partial charge in [-0.05, 0) is 34.5 Å². The van der Waals surface area contributed by atoms with E-state index in [1.54, 1.807) is 0 Å². The Kier molecular flexibility index (Phi) is 3.57. The second kappa shape index (κ2) is 4.52. The van der Waals surface area contributed by atoms with Gasteiger partial charge in [0.2, 0.25) is 0 Å². The Morgan fingerprint density at radius 2 is 2.13 bits per heavy atom. The first-order valence-corrected chi connectivity index (χ1v) is 4.60. The molecule has 0 spiro atoms. The number of nitro groups is 1. The van der Waals surface area contributed by atoms with Crippen molar-refractivity contribution in [3.8, 4) is 5.75 Å². The molecule has 0 amide bonds. The molecule has 0 heterocycles. The van der Waals surface area contributed by atoms with E-state index in [0.717, 1.165) is 6.07 Å². The van der Waals surface area contributed by atoms with Crippen LogP contribution in [0.25, 0.3) is 0 Å². The van der Waals surface area contributed by atoms with Gasteiger partial charge in [0.25, 0.3) is 5.69 Å². The van der Waals surface area contributed by atoms with Crippen molar-refractivity contribution in [2.45, 2.75) is 13.5 Å². The van der Waals surface area contributed by atoms with Gasteiger partial charge >= 0.3 is 6.61 Å². The number of hydrogen-bond donors (Lipinski definition) is 0. The molecule has 0 radical (unpaired) electrons. The third-order valence-electron chi connectivity index (χ3n) is 1.66. The Hall–Kier alpha value is -1.24. The lowest BCUT2D eigenvalue weighted by atomic mass is 10.2. The van der Waals surface area contributed by atoms with Crippen molar-refractivity contribution < 1.29 is 18.4 Å². The zero-order valence-electron chi connectivity index (χ0n) is 7.54. The largest absolute Gasteiger partial charge is 0.434 e. The van der Waals surface area contributed by atoms with Crippen molar-refractivity contribution >= 4 is 21.6 Å². The number of halogens is 3. The number of nitrogens with zero attached hydrogens (tertiary/aromatic N) is 1. The Morgan fingerprint density at radius 3 is 2.60 bits per heavy atom. The maximum absolute atomic E-state index is 11.9. The number of alkyl halides is 2. The second-order valence-corrected chi connectivity index (χ2v) is 3.56. The molecule has 0 unspecified atom stereocenters. The summed E-state index contributed by atoms with van der Waals surface area (Å²) in [6.45, 7) is -1.48. The van der Waals surface area contributed by atoms with Gasteiger partial charge in [0.15, 0.2) is 0 Å². The highest BCUT2D eigenvalue weighted by molar-refractivity contribution is 9.10. The summed E-state index contributed by atoms with van der Waals surface area (Å²) in [5, 5.41) is 10.5. The maximum Gasteiger partial charge on any atom is 0.387 e. The van der Waals surface area contributed by atoms with E-state index in [1.807, 2.05) is 0 Å². The number of ether oxygens (including phenoxy) is 1. The lowest BCUT2D eigenvalue weighted by Gasteiger charge is -2.08. The number of nitro benzene ring substituents is 1. The molecule has 0 aromatic heterocycles. The van der Waals surface area contributed by atoms with Crippen LogP contribution in [0.1, 0.15) is 5.56 Å². The van der Waals surface area contributed by atoms with Crippen LogP contribution >= 0.6 is 15.9 Å². The summed E-state index contributed by atoms with van der Waals surface area (Å²) in [5.74, 6) is -0.195. The van der Waals surface area contributed by atoms with Crippen LogP contribution in [0.3, 0.4) is 0 Å². The molecule has 0 aliphatic heterocycles. The minimum Gasteiger partial charge on any atom is -0.434 e. The van der Waals surface area contributed by atoms with Gasteiger partial charge in [0, 0.05) is 0 Å². The molecule has 0 bridgehead atoms. The van der Waals surface area contributed by atoms with Crippen LogP contribution in [0.5, 0.6) is 5.75 Å². The molecule has 0 N–H and O–H groups in total.